The van der Waals surface area contributed by atoms with Gasteiger partial charge in [0.25, 0.3) is 5.88 Å². The number of esters is 2. The van der Waals surface area contributed by atoms with Crippen LogP contribution in [-0.4, -0.2) is 42.2 Å². The van der Waals surface area contributed by atoms with E-state index in [1.54, 1.807) is 18.2 Å². The summed E-state index contributed by atoms with van der Waals surface area (Å²) in [7, 11) is 2.69. The third-order valence-electron chi connectivity index (χ3n) is 5.41. The minimum absolute atomic E-state index is 0.0645. The maximum Gasteiger partial charge on any atom is 0.359 e. The summed E-state index contributed by atoms with van der Waals surface area (Å²) in [6.07, 6.45) is 0.0549. The van der Waals surface area contributed by atoms with Crippen molar-refractivity contribution in [1.82, 2.24) is 9.97 Å². The number of hydrogen-bond acceptors (Lipinski definition) is 8. The highest BCUT2D eigenvalue weighted by atomic mass is 35.5. The Labute approximate surface area is 206 Å². The van der Waals surface area contributed by atoms with E-state index < -0.39 is 24.1 Å². The van der Waals surface area contributed by atoms with Gasteiger partial charge in [-0.05, 0) is 29.3 Å². The first kappa shape index (κ1) is 23.8. The Morgan fingerprint density at radius 3 is 2.53 bits per heavy atom. The van der Waals surface area contributed by atoms with Gasteiger partial charge in [-0.25, -0.2) is 14.8 Å². The zero-order chi connectivity index (χ0) is 24.4. The smallest absolute Gasteiger partial charge is 0.359 e. The molecule has 1 heterocycles. The lowest BCUT2D eigenvalue weighted by Gasteiger charge is -2.23. The molecular weight excluding hydrogens is 481 g/mol. The fraction of sp³-hybridized carbons (Fsp3) is 0.250. The second-order valence-corrected chi connectivity index (χ2v) is 8.41. The highest BCUT2D eigenvalue weighted by Gasteiger charge is 2.36. The number of carbonyl (C=O) groups excluding carboxylic acids is 2. The number of ether oxygens (including phenoxy) is 3. The lowest BCUT2D eigenvalue weighted by Crippen LogP contribution is -2.27. The van der Waals surface area contributed by atoms with Gasteiger partial charge in [0.05, 0.1) is 25.3 Å². The lowest BCUT2D eigenvalue weighted by molar-refractivity contribution is -0.146. The minimum atomic E-state index is -0.706. The Bertz CT molecular complexity index is 1270. The highest BCUT2D eigenvalue weighted by Crippen LogP contribution is 2.39. The molecule has 8 nitrogen and oxygen atoms in total. The molecule has 4 rings (SSSR count). The first-order valence-electron chi connectivity index (χ1n) is 10.3. The predicted molar refractivity (Wildman–Crippen MR) is 127 cm³/mol. The largest absolute Gasteiger partial charge is 0.478 e. The van der Waals surface area contributed by atoms with Crippen molar-refractivity contribution in [3.8, 4) is 17.1 Å². The number of rotatable bonds is 6. The molecule has 0 fully saturated rings. The van der Waals surface area contributed by atoms with Crippen molar-refractivity contribution in [2.75, 3.05) is 19.5 Å². The van der Waals surface area contributed by atoms with E-state index in [2.05, 4.69) is 15.3 Å². The number of anilines is 1. The summed E-state index contributed by atoms with van der Waals surface area (Å²) < 4.78 is 16.0. The molecule has 0 radical (unpaired) electrons. The van der Waals surface area contributed by atoms with Crippen molar-refractivity contribution < 1.29 is 23.8 Å². The van der Waals surface area contributed by atoms with Crippen LogP contribution in [0.4, 0.5) is 5.82 Å². The number of aromatic nitrogens is 2. The second kappa shape index (κ2) is 9.87. The summed E-state index contributed by atoms with van der Waals surface area (Å²) in [6.45, 7) is 1.36. The summed E-state index contributed by atoms with van der Waals surface area (Å²) in [4.78, 5) is 33.4. The topological polar surface area (TPSA) is 99.6 Å². The van der Waals surface area contributed by atoms with Crippen molar-refractivity contribution >= 4 is 41.0 Å². The van der Waals surface area contributed by atoms with Gasteiger partial charge in [0.15, 0.2) is 11.5 Å². The Morgan fingerprint density at radius 2 is 1.85 bits per heavy atom. The highest BCUT2D eigenvalue weighted by molar-refractivity contribution is 6.36. The molecule has 3 aromatic rings. The number of carbonyl (C=O) groups is 2. The van der Waals surface area contributed by atoms with Gasteiger partial charge in [-0.15, -0.1) is 0 Å². The molecule has 0 amide bonds. The quantitative estimate of drug-likeness (QED) is 0.476. The molecule has 2 aromatic carbocycles. The molecule has 0 unspecified atom stereocenters. The molecule has 0 saturated carbocycles. The molecule has 1 aromatic heterocycles. The van der Waals surface area contributed by atoms with E-state index in [0.29, 0.717) is 17.0 Å². The van der Waals surface area contributed by atoms with Crippen LogP contribution in [0.25, 0.3) is 11.3 Å². The molecule has 176 valence electrons. The Kier molecular flexibility index (Phi) is 6.90. The van der Waals surface area contributed by atoms with Crippen LogP contribution in [0.3, 0.4) is 0 Å². The van der Waals surface area contributed by atoms with Crippen molar-refractivity contribution in [3.05, 3.63) is 69.3 Å². The van der Waals surface area contributed by atoms with Gasteiger partial charge in [-0.1, -0.05) is 47.5 Å². The fourth-order valence-electron chi connectivity index (χ4n) is 3.96. The molecular formula is C24H21Cl2N3O5. The van der Waals surface area contributed by atoms with Crippen molar-refractivity contribution in [2.45, 2.75) is 25.5 Å². The van der Waals surface area contributed by atoms with Gasteiger partial charge in [0, 0.05) is 23.9 Å². The number of benzene rings is 2. The Hall–Kier alpha value is -3.36. The number of nitrogens with one attached hydrogen (secondary N) is 1. The molecule has 1 aliphatic rings. The molecule has 0 bridgehead atoms. The standard InChI is InChI=1S/C24H21Cl2N3O5/c1-12(30)34-18-10-13-6-4-5-7-15(13)19(18)27-22-23(32-2)29-20(21(28-22)24(31)33-3)16-9-8-14(25)11-17(16)26/h4-9,11,18-19H,10H2,1-3H3,(H,27,28)/t18-,19+/m0/s1. The third kappa shape index (κ3) is 4.64. The Morgan fingerprint density at radius 1 is 1.09 bits per heavy atom. The van der Waals surface area contributed by atoms with Crippen LogP contribution in [0.1, 0.15) is 34.6 Å². The normalized spacial score (nSPS) is 16.5. The summed E-state index contributed by atoms with van der Waals surface area (Å²) in [6, 6.07) is 12.1. The molecule has 34 heavy (non-hydrogen) atoms. The minimum Gasteiger partial charge on any atom is -0.478 e. The number of nitrogens with zero attached hydrogens (tertiary/aromatic N) is 2. The number of halogens is 2. The van der Waals surface area contributed by atoms with Crippen molar-refractivity contribution in [2.24, 2.45) is 0 Å². The van der Waals surface area contributed by atoms with Crippen LogP contribution in [0.15, 0.2) is 42.5 Å². The third-order valence-corrected chi connectivity index (χ3v) is 5.96. The summed E-state index contributed by atoms with van der Waals surface area (Å²) in [5, 5.41) is 3.98. The second-order valence-electron chi connectivity index (χ2n) is 7.57. The molecule has 0 aliphatic heterocycles. The summed E-state index contributed by atoms with van der Waals surface area (Å²) in [5.74, 6) is -0.788. The number of methoxy groups -OCH3 is 2. The first-order valence-corrected chi connectivity index (χ1v) is 11.1. The van der Waals surface area contributed by atoms with Gasteiger partial charge in [0.1, 0.15) is 11.8 Å². The monoisotopic (exact) mass is 501 g/mol. The molecule has 10 heteroatoms. The van der Waals surface area contributed by atoms with Gasteiger partial charge in [0.2, 0.25) is 0 Å². The van der Waals surface area contributed by atoms with E-state index in [0.717, 1.165) is 11.1 Å². The molecule has 0 spiro atoms. The van der Waals surface area contributed by atoms with Crippen LogP contribution >= 0.6 is 23.2 Å². The van der Waals surface area contributed by atoms with Crippen LogP contribution < -0.4 is 10.1 Å². The van der Waals surface area contributed by atoms with Crippen molar-refractivity contribution in [3.63, 3.8) is 0 Å². The van der Waals surface area contributed by atoms with E-state index in [1.165, 1.54) is 21.1 Å². The molecule has 0 saturated heterocycles. The van der Waals surface area contributed by atoms with Gasteiger partial charge in [-0.3, -0.25) is 4.79 Å². The summed E-state index contributed by atoms with van der Waals surface area (Å²) >= 11 is 12.4. The van der Waals surface area contributed by atoms with Gasteiger partial charge < -0.3 is 19.5 Å². The maximum absolute atomic E-state index is 12.7. The summed E-state index contributed by atoms with van der Waals surface area (Å²) in [5.41, 5.74) is 2.54. The zero-order valence-corrected chi connectivity index (χ0v) is 20.1. The van der Waals surface area contributed by atoms with E-state index in [9.17, 15) is 9.59 Å². The average Bonchev–Trinajstić information content (AvgIpc) is 3.14. The van der Waals surface area contributed by atoms with E-state index in [-0.39, 0.29) is 28.1 Å². The fourth-order valence-corrected chi connectivity index (χ4v) is 4.46. The molecule has 2 atom stereocenters. The molecule has 1 N–H and O–H groups in total. The lowest BCUT2D eigenvalue weighted by atomic mass is 10.1. The Balaban J connectivity index is 1.82. The SMILES string of the molecule is COC(=O)c1nc(N[C@@H]2c3ccccc3C[C@@H]2OC(C)=O)c(OC)nc1-c1ccc(Cl)cc1Cl. The van der Waals surface area contributed by atoms with Crippen molar-refractivity contribution in [1.29, 1.82) is 0 Å². The number of hydrogen-bond donors (Lipinski definition) is 1. The zero-order valence-electron chi connectivity index (χ0n) is 18.6. The van der Waals surface area contributed by atoms with Crippen LogP contribution in [0.2, 0.25) is 10.0 Å². The first-order chi connectivity index (χ1) is 16.3. The van der Waals surface area contributed by atoms with Gasteiger partial charge in [-0.2, -0.15) is 0 Å². The van der Waals surface area contributed by atoms with Crippen LogP contribution in [0, 0.1) is 0 Å². The maximum atomic E-state index is 12.7. The average molecular weight is 502 g/mol. The van der Waals surface area contributed by atoms with E-state index >= 15 is 0 Å². The van der Waals surface area contributed by atoms with E-state index in [1.807, 2.05) is 24.3 Å². The van der Waals surface area contributed by atoms with Crippen LogP contribution in [-0.2, 0) is 20.7 Å². The van der Waals surface area contributed by atoms with Crippen LogP contribution in [0.5, 0.6) is 5.88 Å². The number of fused-ring (bicyclic) bond motifs is 1. The molecule has 1 aliphatic carbocycles. The van der Waals surface area contributed by atoms with Gasteiger partial charge >= 0.3 is 11.9 Å². The van der Waals surface area contributed by atoms with E-state index in [4.69, 9.17) is 37.4 Å². The predicted octanol–water partition coefficient (Wildman–Crippen LogP) is 4.89.